The highest BCUT2D eigenvalue weighted by Crippen LogP contribution is 2.11. The molecule has 0 aliphatic rings. The zero-order valence-corrected chi connectivity index (χ0v) is 16.4. The van der Waals surface area contributed by atoms with Crippen LogP contribution in [0.5, 0.6) is 0 Å². The van der Waals surface area contributed by atoms with Crippen molar-refractivity contribution in [2.75, 3.05) is 11.9 Å². The Labute approximate surface area is 168 Å². The van der Waals surface area contributed by atoms with E-state index < -0.39 is 0 Å². The van der Waals surface area contributed by atoms with Crippen LogP contribution in [0.3, 0.4) is 0 Å². The fourth-order valence-corrected chi connectivity index (χ4v) is 2.48. The molecule has 2 aromatic carbocycles. The van der Waals surface area contributed by atoms with Gasteiger partial charge in [0.05, 0.1) is 0 Å². The Kier molecular flexibility index (Phi) is 7.98. The molecule has 0 fully saturated rings. The lowest BCUT2D eigenvalue weighted by Crippen LogP contribution is -2.33. The highest BCUT2D eigenvalue weighted by molar-refractivity contribution is 7.80. The van der Waals surface area contributed by atoms with E-state index in [-0.39, 0.29) is 16.9 Å². The van der Waals surface area contributed by atoms with Gasteiger partial charge < -0.3 is 10.6 Å². The quantitative estimate of drug-likeness (QED) is 0.505. The normalized spacial score (nSPS) is 10.4. The molecule has 0 aliphatic carbocycles. The van der Waals surface area contributed by atoms with Crippen LogP contribution in [-0.2, 0) is 4.79 Å². The van der Waals surface area contributed by atoms with Gasteiger partial charge in [0.15, 0.2) is 5.11 Å². The molecule has 0 spiro atoms. The minimum absolute atomic E-state index is 0.145. The number of halogens is 1. The number of hydrogen-bond donors (Lipinski definition) is 3. The zero-order chi connectivity index (χ0) is 19.6. The maximum Gasteiger partial charge on any atom is 0.251 e. The third-order valence-corrected chi connectivity index (χ3v) is 3.91. The van der Waals surface area contributed by atoms with E-state index in [1.54, 1.807) is 54.6 Å². The van der Waals surface area contributed by atoms with Gasteiger partial charge in [-0.2, -0.15) is 0 Å². The molecule has 2 rings (SSSR count). The number of thiocarbonyl (C=S) groups is 1. The number of rotatable bonds is 6. The van der Waals surface area contributed by atoms with Crippen LogP contribution in [0.4, 0.5) is 5.69 Å². The summed E-state index contributed by atoms with van der Waals surface area (Å²) < 4.78 is 0. The van der Waals surface area contributed by atoms with Gasteiger partial charge >= 0.3 is 0 Å². The van der Waals surface area contributed by atoms with E-state index in [4.69, 9.17) is 23.8 Å². The SMILES string of the molecule is CCCNC(=O)c1cccc(NC(=S)NC(=O)/C=C/c2ccc(Cl)cc2)c1. The maximum absolute atomic E-state index is 12.0. The Morgan fingerprint density at radius 1 is 1.15 bits per heavy atom. The number of carbonyl (C=O) groups is 2. The topological polar surface area (TPSA) is 70.2 Å². The first-order valence-corrected chi connectivity index (χ1v) is 9.20. The lowest BCUT2D eigenvalue weighted by atomic mass is 10.2. The summed E-state index contributed by atoms with van der Waals surface area (Å²) in [5.74, 6) is -0.513. The minimum atomic E-state index is -0.362. The number of nitrogens with one attached hydrogen (secondary N) is 3. The molecule has 5 nitrogen and oxygen atoms in total. The molecule has 0 unspecified atom stereocenters. The van der Waals surface area contributed by atoms with E-state index in [1.165, 1.54) is 6.08 Å². The van der Waals surface area contributed by atoms with Crippen molar-refractivity contribution in [1.82, 2.24) is 10.6 Å². The first-order chi connectivity index (χ1) is 13.0. The second kappa shape index (κ2) is 10.4. The first kappa shape index (κ1) is 20.6. The average Bonchev–Trinajstić information content (AvgIpc) is 2.65. The fourth-order valence-electron chi connectivity index (χ4n) is 2.14. The van der Waals surface area contributed by atoms with Gasteiger partial charge in [-0.3, -0.25) is 14.9 Å². The van der Waals surface area contributed by atoms with Crippen molar-refractivity contribution in [3.63, 3.8) is 0 Å². The Hall–Kier alpha value is -2.70. The van der Waals surface area contributed by atoms with Crippen molar-refractivity contribution in [2.24, 2.45) is 0 Å². The molecule has 0 atom stereocenters. The molecular weight excluding hydrogens is 382 g/mol. The lowest BCUT2D eigenvalue weighted by molar-refractivity contribution is -0.115. The van der Waals surface area contributed by atoms with Gasteiger partial charge in [0.1, 0.15) is 0 Å². The van der Waals surface area contributed by atoms with Crippen molar-refractivity contribution >= 4 is 52.5 Å². The van der Waals surface area contributed by atoms with E-state index in [0.29, 0.717) is 22.8 Å². The number of hydrogen-bond acceptors (Lipinski definition) is 3. The van der Waals surface area contributed by atoms with Crippen molar-refractivity contribution in [2.45, 2.75) is 13.3 Å². The smallest absolute Gasteiger partial charge is 0.251 e. The molecule has 0 radical (unpaired) electrons. The first-order valence-electron chi connectivity index (χ1n) is 8.42. The summed E-state index contributed by atoms with van der Waals surface area (Å²) in [6.07, 6.45) is 3.90. The van der Waals surface area contributed by atoms with Crippen LogP contribution in [0.25, 0.3) is 6.08 Å². The van der Waals surface area contributed by atoms with Gasteiger partial charge in [0, 0.05) is 28.9 Å². The predicted octanol–water partition coefficient (Wildman–Crippen LogP) is 4.01. The number of anilines is 1. The van der Waals surface area contributed by atoms with Gasteiger partial charge in [0.2, 0.25) is 5.91 Å². The molecule has 0 saturated heterocycles. The third-order valence-electron chi connectivity index (χ3n) is 3.45. The molecule has 0 bridgehead atoms. The Morgan fingerprint density at radius 3 is 2.59 bits per heavy atom. The molecule has 0 aliphatic heterocycles. The van der Waals surface area contributed by atoms with Crippen LogP contribution in [-0.4, -0.2) is 23.5 Å². The molecule has 0 heterocycles. The third kappa shape index (κ3) is 7.21. The summed E-state index contributed by atoms with van der Waals surface area (Å²) >= 11 is 11.0. The summed E-state index contributed by atoms with van der Waals surface area (Å²) in [6.45, 7) is 2.60. The van der Waals surface area contributed by atoms with E-state index in [0.717, 1.165) is 12.0 Å². The largest absolute Gasteiger partial charge is 0.352 e. The molecule has 2 amide bonds. The predicted molar refractivity (Wildman–Crippen MR) is 114 cm³/mol. The van der Waals surface area contributed by atoms with Crippen LogP contribution in [0.2, 0.25) is 5.02 Å². The molecule has 27 heavy (non-hydrogen) atoms. The lowest BCUT2D eigenvalue weighted by Gasteiger charge is -2.10. The van der Waals surface area contributed by atoms with Crippen molar-refractivity contribution < 1.29 is 9.59 Å². The Balaban J connectivity index is 1.90. The van der Waals surface area contributed by atoms with Gasteiger partial charge in [-0.1, -0.05) is 36.7 Å². The number of benzene rings is 2. The van der Waals surface area contributed by atoms with Gasteiger partial charge in [-0.15, -0.1) is 0 Å². The monoisotopic (exact) mass is 401 g/mol. The van der Waals surface area contributed by atoms with E-state index >= 15 is 0 Å². The Bertz CT molecular complexity index is 851. The molecule has 0 saturated carbocycles. The van der Waals surface area contributed by atoms with Crippen LogP contribution in [0.15, 0.2) is 54.6 Å². The second-order valence-corrected chi connectivity index (χ2v) is 6.51. The minimum Gasteiger partial charge on any atom is -0.352 e. The molecule has 2 aromatic rings. The molecular formula is C20H20ClN3O2S. The maximum atomic E-state index is 12.0. The van der Waals surface area contributed by atoms with Crippen LogP contribution >= 0.6 is 23.8 Å². The molecule has 0 aromatic heterocycles. The fraction of sp³-hybridized carbons (Fsp3) is 0.150. The summed E-state index contributed by atoms with van der Waals surface area (Å²) in [7, 11) is 0. The highest BCUT2D eigenvalue weighted by Gasteiger charge is 2.07. The zero-order valence-electron chi connectivity index (χ0n) is 14.8. The van der Waals surface area contributed by atoms with Crippen LogP contribution < -0.4 is 16.0 Å². The molecule has 140 valence electrons. The standard InChI is InChI=1S/C20H20ClN3O2S/c1-2-12-22-19(26)15-4-3-5-17(13-15)23-20(27)24-18(25)11-8-14-6-9-16(21)10-7-14/h3-11,13H,2,12H2,1H3,(H,22,26)(H2,23,24,25,27)/b11-8+. The van der Waals surface area contributed by atoms with E-state index in [2.05, 4.69) is 16.0 Å². The average molecular weight is 402 g/mol. The highest BCUT2D eigenvalue weighted by atomic mass is 35.5. The summed E-state index contributed by atoms with van der Waals surface area (Å²) in [5, 5.41) is 9.05. The van der Waals surface area contributed by atoms with Crippen LogP contribution in [0, 0.1) is 0 Å². The van der Waals surface area contributed by atoms with E-state index in [9.17, 15) is 9.59 Å². The summed E-state index contributed by atoms with van der Waals surface area (Å²) in [6, 6.07) is 14.0. The van der Waals surface area contributed by atoms with E-state index in [1.807, 2.05) is 6.92 Å². The number of carbonyl (C=O) groups excluding carboxylic acids is 2. The number of amides is 2. The summed E-state index contributed by atoms with van der Waals surface area (Å²) in [4.78, 5) is 24.0. The van der Waals surface area contributed by atoms with Crippen molar-refractivity contribution in [3.05, 3.63) is 70.8 Å². The molecule has 7 heteroatoms. The van der Waals surface area contributed by atoms with Crippen molar-refractivity contribution in [3.8, 4) is 0 Å². The van der Waals surface area contributed by atoms with Crippen molar-refractivity contribution in [1.29, 1.82) is 0 Å². The Morgan fingerprint density at radius 2 is 1.89 bits per heavy atom. The van der Waals surface area contributed by atoms with Gasteiger partial charge in [-0.05, 0) is 60.6 Å². The summed E-state index contributed by atoms with van der Waals surface area (Å²) in [5.41, 5.74) is 1.98. The van der Waals surface area contributed by atoms with Crippen LogP contribution in [0.1, 0.15) is 29.3 Å². The second-order valence-electron chi connectivity index (χ2n) is 5.66. The van der Waals surface area contributed by atoms with Gasteiger partial charge in [0.25, 0.3) is 5.91 Å². The molecule has 3 N–H and O–H groups in total. The van der Waals surface area contributed by atoms with Gasteiger partial charge in [-0.25, -0.2) is 0 Å².